The molecule has 10 nitrogen and oxygen atoms in total. The Hall–Kier alpha value is -7.72. The number of nitro groups is 2. The summed E-state index contributed by atoms with van der Waals surface area (Å²) in [5.41, 5.74) is 16.2. The summed E-state index contributed by atoms with van der Waals surface area (Å²) >= 11 is 0. The Morgan fingerprint density at radius 1 is 0.431 bits per heavy atom. The van der Waals surface area contributed by atoms with Crippen molar-refractivity contribution >= 4 is 57.7 Å². The SMILES string of the molecule is Cc1cccc(-c2c3nc(c(-c4cccc(C)c4)c4ccc([nH]4)c(-c4ccc([N+](=O)[O-])c(C)c4)c4nc(c(-c5ccc([N+](=O)[O-])c(C)c5)c5ccc2[nH]5)C=C4)C=C3)c1. The zero-order valence-electron chi connectivity index (χ0n) is 32.1. The Bertz CT molecular complexity index is 2930. The molecule has 10 heteroatoms. The van der Waals surface area contributed by atoms with E-state index in [0.717, 1.165) is 89.1 Å². The number of aryl methyl sites for hydroxylation is 4. The topological polar surface area (TPSA) is 144 Å². The summed E-state index contributed by atoms with van der Waals surface area (Å²) in [7, 11) is 0. The van der Waals surface area contributed by atoms with Crippen molar-refractivity contribution in [2.45, 2.75) is 27.7 Å². The second kappa shape index (κ2) is 14.1. The molecular formula is C48H36N6O4. The number of nitrogens with one attached hydrogen (secondary N) is 2. The smallest absolute Gasteiger partial charge is 0.272 e. The molecule has 2 aliphatic rings. The third-order valence-corrected chi connectivity index (χ3v) is 10.7. The van der Waals surface area contributed by atoms with Crippen LogP contribution < -0.4 is 0 Å². The van der Waals surface area contributed by atoms with Crippen molar-refractivity contribution in [3.63, 3.8) is 0 Å². The number of rotatable bonds is 6. The van der Waals surface area contributed by atoms with Gasteiger partial charge in [0.2, 0.25) is 0 Å². The number of aromatic amines is 2. The van der Waals surface area contributed by atoms with E-state index in [1.54, 1.807) is 26.0 Å². The third-order valence-electron chi connectivity index (χ3n) is 10.7. The first kappa shape index (κ1) is 35.9. The molecular weight excluding hydrogens is 725 g/mol. The minimum Gasteiger partial charge on any atom is -0.354 e. The van der Waals surface area contributed by atoms with Gasteiger partial charge in [-0.2, -0.15) is 0 Å². The van der Waals surface area contributed by atoms with Gasteiger partial charge in [-0.15, -0.1) is 0 Å². The summed E-state index contributed by atoms with van der Waals surface area (Å²) in [6.45, 7) is 7.61. The Labute approximate surface area is 333 Å². The van der Waals surface area contributed by atoms with Crippen molar-refractivity contribution in [3.05, 3.63) is 174 Å². The summed E-state index contributed by atoms with van der Waals surface area (Å²) < 4.78 is 0. The van der Waals surface area contributed by atoms with Crippen LogP contribution in [-0.2, 0) is 0 Å². The molecule has 0 saturated carbocycles. The minimum atomic E-state index is -0.377. The van der Waals surface area contributed by atoms with Crippen LogP contribution in [-0.4, -0.2) is 29.8 Å². The summed E-state index contributed by atoms with van der Waals surface area (Å²) in [6, 6.07) is 35.0. The van der Waals surface area contributed by atoms with Gasteiger partial charge in [0, 0.05) is 67.6 Å². The Kier molecular flexibility index (Phi) is 8.74. The molecule has 0 fully saturated rings. The van der Waals surface area contributed by atoms with Gasteiger partial charge in [0.15, 0.2) is 0 Å². The van der Waals surface area contributed by atoms with Gasteiger partial charge in [0.25, 0.3) is 11.4 Å². The average molecular weight is 761 g/mol. The highest BCUT2D eigenvalue weighted by atomic mass is 16.6. The maximum Gasteiger partial charge on any atom is 0.272 e. The Morgan fingerprint density at radius 3 is 1.05 bits per heavy atom. The van der Waals surface area contributed by atoms with Crippen molar-refractivity contribution < 1.29 is 9.85 Å². The second-order valence-corrected chi connectivity index (χ2v) is 14.8. The fourth-order valence-corrected chi connectivity index (χ4v) is 8.05. The first-order chi connectivity index (χ1) is 28.0. The van der Waals surface area contributed by atoms with Gasteiger partial charge in [-0.1, -0.05) is 59.7 Å². The molecule has 9 rings (SSSR count). The normalized spacial score (nSPS) is 11.9. The van der Waals surface area contributed by atoms with Crippen molar-refractivity contribution in [2.75, 3.05) is 0 Å². The standard InChI is InChI=1S/C48H36N6O4/c1-27-7-5-9-31(23-27)45-35-13-14-36(49-35)46(32-10-6-8-28(2)24-32)38-16-18-40(51-38)48(34-12-22-44(54(57)58)30(4)26-34)42-20-19-41(52-42)47(39-17-15-37(45)50-39)33-11-21-43(53(55)56)29(3)25-33/h5-26,50-51H,1-4H3. The number of nitrogens with zero attached hydrogens (tertiary/aromatic N) is 4. The molecule has 58 heavy (non-hydrogen) atoms. The fourth-order valence-electron chi connectivity index (χ4n) is 8.05. The molecule has 0 saturated heterocycles. The molecule has 0 radical (unpaired) electrons. The lowest BCUT2D eigenvalue weighted by molar-refractivity contribution is -0.385. The van der Waals surface area contributed by atoms with Crippen molar-refractivity contribution in [1.29, 1.82) is 0 Å². The van der Waals surface area contributed by atoms with Gasteiger partial charge in [-0.3, -0.25) is 20.2 Å². The van der Waals surface area contributed by atoms with E-state index in [9.17, 15) is 20.2 Å². The van der Waals surface area contributed by atoms with Gasteiger partial charge in [-0.05, 0) is 123 Å². The summed E-state index contributed by atoms with van der Waals surface area (Å²) in [5.74, 6) is 0. The molecule has 0 spiro atoms. The predicted molar refractivity (Wildman–Crippen MR) is 233 cm³/mol. The number of H-pyrrole nitrogens is 2. The highest BCUT2D eigenvalue weighted by Gasteiger charge is 2.21. The van der Waals surface area contributed by atoms with Crippen molar-refractivity contribution in [3.8, 4) is 44.5 Å². The number of aromatic nitrogens is 4. The zero-order valence-corrected chi connectivity index (χ0v) is 32.1. The molecule has 2 aliphatic heterocycles. The Morgan fingerprint density at radius 2 is 0.759 bits per heavy atom. The van der Waals surface area contributed by atoms with Gasteiger partial charge >= 0.3 is 0 Å². The molecule has 2 N–H and O–H groups in total. The summed E-state index contributed by atoms with van der Waals surface area (Å²) in [6.07, 6.45) is 8.00. The highest BCUT2D eigenvalue weighted by Crippen LogP contribution is 2.40. The molecule has 0 amide bonds. The van der Waals surface area contributed by atoms with E-state index in [-0.39, 0.29) is 21.2 Å². The molecule has 4 aromatic carbocycles. The maximum atomic E-state index is 11.9. The number of hydrogen-bond donors (Lipinski definition) is 2. The minimum absolute atomic E-state index is 0.0302. The van der Waals surface area contributed by atoms with Crippen LogP contribution in [0, 0.1) is 47.9 Å². The lowest BCUT2D eigenvalue weighted by atomic mass is 10.0. The first-order valence-electron chi connectivity index (χ1n) is 18.8. The number of nitro benzene ring substituents is 2. The van der Waals surface area contributed by atoms with Crippen LogP contribution in [0.3, 0.4) is 0 Å². The molecule has 8 bridgehead atoms. The monoisotopic (exact) mass is 760 g/mol. The van der Waals surface area contributed by atoms with Gasteiger partial charge < -0.3 is 9.97 Å². The quantitative estimate of drug-likeness (QED) is 0.127. The molecule has 7 aromatic rings. The van der Waals surface area contributed by atoms with E-state index in [1.807, 2.05) is 60.7 Å². The van der Waals surface area contributed by atoms with E-state index in [0.29, 0.717) is 22.5 Å². The van der Waals surface area contributed by atoms with Crippen LogP contribution >= 0.6 is 0 Å². The molecule has 282 valence electrons. The van der Waals surface area contributed by atoms with Crippen LogP contribution in [0.15, 0.2) is 109 Å². The lowest BCUT2D eigenvalue weighted by Gasteiger charge is -2.08. The van der Waals surface area contributed by atoms with Gasteiger partial charge in [-0.25, -0.2) is 9.97 Å². The summed E-state index contributed by atoms with van der Waals surface area (Å²) in [5, 5.41) is 23.7. The predicted octanol–water partition coefficient (Wildman–Crippen LogP) is 12.4. The van der Waals surface area contributed by atoms with E-state index < -0.39 is 0 Å². The highest BCUT2D eigenvalue weighted by molar-refractivity contribution is 6.00. The first-order valence-corrected chi connectivity index (χ1v) is 18.8. The molecule has 5 heterocycles. The van der Waals surface area contributed by atoms with Crippen LogP contribution in [0.1, 0.15) is 45.0 Å². The van der Waals surface area contributed by atoms with E-state index in [1.165, 1.54) is 12.1 Å². The van der Waals surface area contributed by atoms with Crippen LogP contribution in [0.2, 0.25) is 0 Å². The zero-order chi connectivity index (χ0) is 40.2. The van der Waals surface area contributed by atoms with Crippen molar-refractivity contribution in [2.24, 2.45) is 0 Å². The van der Waals surface area contributed by atoms with E-state index in [4.69, 9.17) is 9.97 Å². The third kappa shape index (κ3) is 6.36. The molecule has 3 aromatic heterocycles. The Balaban J connectivity index is 1.47. The van der Waals surface area contributed by atoms with E-state index >= 15 is 0 Å². The average Bonchev–Trinajstić information content (AvgIpc) is 4.03. The van der Waals surface area contributed by atoms with Crippen LogP contribution in [0.4, 0.5) is 11.4 Å². The van der Waals surface area contributed by atoms with Gasteiger partial charge in [0.1, 0.15) is 0 Å². The fraction of sp³-hybridized carbons (Fsp3) is 0.0833. The van der Waals surface area contributed by atoms with Crippen LogP contribution in [0.5, 0.6) is 0 Å². The summed E-state index contributed by atoms with van der Waals surface area (Å²) in [4.78, 5) is 41.0. The lowest BCUT2D eigenvalue weighted by Crippen LogP contribution is -1.94. The number of hydrogen-bond acceptors (Lipinski definition) is 6. The number of fused-ring (bicyclic) bond motifs is 8. The van der Waals surface area contributed by atoms with Gasteiger partial charge in [0.05, 0.1) is 32.6 Å². The number of benzene rings is 4. The van der Waals surface area contributed by atoms with E-state index in [2.05, 4.69) is 72.4 Å². The largest absolute Gasteiger partial charge is 0.354 e. The van der Waals surface area contributed by atoms with Crippen LogP contribution in [0.25, 0.3) is 90.9 Å². The molecule has 0 aliphatic carbocycles. The van der Waals surface area contributed by atoms with Crippen molar-refractivity contribution in [1.82, 2.24) is 19.9 Å². The molecule has 0 unspecified atom stereocenters. The maximum absolute atomic E-state index is 11.9. The second-order valence-electron chi connectivity index (χ2n) is 14.8. The molecule has 0 atom stereocenters.